The Hall–Kier alpha value is -1.63. The molecule has 1 atom stereocenters. The van der Waals surface area contributed by atoms with Crippen molar-refractivity contribution in [2.45, 2.75) is 25.9 Å². The maximum atomic E-state index is 12.4. The summed E-state index contributed by atoms with van der Waals surface area (Å²) in [5, 5.41) is 7.83. The number of aromatic amines is 1. The first-order valence-corrected chi connectivity index (χ1v) is 8.50. The van der Waals surface area contributed by atoms with Gasteiger partial charge in [-0.2, -0.15) is 5.10 Å². The lowest BCUT2D eigenvalue weighted by Gasteiger charge is -2.33. The molecule has 0 spiro atoms. The van der Waals surface area contributed by atoms with Crippen molar-refractivity contribution in [3.63, 3.8) is 0 Å². The highest BCUT2D eigenvalue weighted by molar-refractivity contribution is 6.42. The minimum atomic E-state index is -0.191. The largest absolute Gasteiger partial charge is 0.370 e. The Balaban J connectivity index is 1.60. The van der Waals surface area contributed by atoms with Gasteiger partial charge < -0.3 is 9.64 Å². The predicted octanol–water partition coefficient (Wildman–Crippen LogP) is 2.95. The molecule has 1 aromatic carbocycles. The Labute approximate surface area is 150 Å². The van der Waals surface area contributed by atoms with Gasteiger partial charge in [-0.15, -0.1) is 0 Å². The van der Waals surface area contributed by atoms with Gasteiger partial charge in [0.1, 0.15) is 11.9 Å². The molecule has 0 saturated carbocycles. The smallest absolute Gasteiger partial charge is 0.223 e. The molecule has 1 aliphatic rings. The minimum absolute atomic E-state index is 0.0748. The van der Waals surface area contributed by atoms with Gasteiger partial charge in [-0.25, -0.2) is 4.98 Å². The fourth-order valence-electron chi connectivity index (χ4n) is 2.67. The van der Waals surface area contributed by atoms with Crippen LogP contribution in [-0.2, 0) is 16.0 Å². The molecule has 24 heavy (non-hydrogen) atoms. The maximum Gasteiger partial charge on any atom is 0.223 e. The molecule has 2 heterocycles. The van der Waals surface area contributed by atoms with Crippen LogP contribution in [0.4, 0.5) is 0 Å². The maximum absolute atomic E-state index is 12.4. The van der Waals surface area contributed by atoms with Crippen molar-refractivity contribution in [1.82, 2.24) is 20.1 Å². The molecular formula is C16H18Cl2N4O2. The molecule has 1 N–H and O–H groups in total. The molecule has 1 fully saturated rings. The van der Waals surface area contributed by atoms with Gasteiger partial charge in [-0.1, -0.05) is 29.3 Å². The summed E-state index contributed by atoms with van der Waals surface area (Å²) in [5.41, 5.74) is 0.923. The molecule has 1 aromatic heterocycles. The van der Waals surface area contributed by atoms with Crippen LogP contribution >= 0.6 is 23.2 Å². The van der Waals surface area contributed by atoms with Gasteiger partial charge in [0.05, 0.1) is 23.2 Å². The Morgan fingerprint density at radius 1 is 1.42 bits per heavy atom. The molecule has 0 bridgehead atoms. The molecule has 1 aliphatic heterocycles. The monoisotopic (exact) mass is 368 g/mol. The summed E-state index contributed by atoms with van der Waals surface area (Å²) in [4.78, 5) is 18.5. The van der Waals surface area contributed by atoms with Crippen LogP contribution in [0, 0.1) is 6.92 Å². The third-order valence-corrected chi connectivity index (χ3v) is 4.68. The summed E-state index contributed by atoms with van der Waals surface area (Å²) in [5.74, 6) is 1.49. The molecule has 2 aromatic rings. The van der Waals surface area contributed by atoms with Crippen molar-refractivity contribution in [2.24, 2.45) is 0 Å². The van der Waals surface area contributed by atoms with Gasteiger partial charge in [0.25, 0.3) is 0 Å². The minimum Gasteiger partial charge on any atom is -0.370 e. The van der Waals surface area contributed by atoms with Crippen LogP contribution in [-0.4, -0.2) is 45.7 Å². The Morgan fingerprint density at radius 3 is 2.96 bits per heavy atom. The number of aromatic nitrogens is 3. The van der Waals surface area contributed by atoms with E-state index in [4.69, 9.17) is 27.9 Å². The predicted molar refractivity (Wildman–Crippen MR) is 91.2 cm³/mol. The number of morpholine rings is 1. The topological polar surface area (TPSA) is 71.1 Å². The number of hydrogen-bond acceptors (Lipinski definition) is 4. The van der Waals surface area contributed by atoms with Crippen LogP contribution in [0.3, 0.4) is 0 Å². The van der Waals surface area contributed by atoms with Gasteiger partial charge >= 0.3 is 0 Å². The van der Waals surface area contributed by atoms with E-state index in [1.54, 1.807) is 12.1 Å². The number of halogens is 2. The van der Waals surface area contributed by atoms with E-state index in [-0.39, 0.29) is 12.0 Å². The number of amides is 1. The average Bonchev–Trinajstić information content (AvgIpc) is 3.00. The van der Waals surface area contributed by atoms with Crippen LogP contribution in [0.2, 0.25) is 10.0 Å². The molecule has 128 valence electrons. The van der Waals surface area contributed by atoms with E-state index in [0.29, 0.717) is 48.4 Å². The molecule has 0 radical (unpaired) electrons. The Morgan fingerprint density at radius 2 is 2.25 bits per heavy atom. The number of H-pyrrole nitrogens is 1. The van der Waals surface area contributed by atoms with E-state index in [2.05, 4.69) is 15.2 Å². The molecule has 0 aliphatic carbocycles. The summed E-state index contributed by atoms with van der Waals surface area (Å²) >= 11 is 12.0. The molecule has 1 saturated heterocycles. The molecule has 8 heteroatoms. The van der Waals surface area contributed by atoms with Gasteiger partial charge in [0, 0.05) is 19.4 Å². The standard InChI is InChI=1S/C16H18Cl2N4O2/c1-10-19-15(21-20-10)4-5-16(23)22-6-7-24-14(9-22)11-2-3-12(17)13(18)8-11/h2-3,8,14H,4-7,9H2,1H3,(H,19,20,21). The normalized spacial score (nSPS) is 18.0. The van der Waals surface area contributed by atoms with Crippen molar-refractivity contribution in [1.29, 1.82) is 0 Å². The number of nitrogens with zero attached hydrogens (tertiary/aromatic N) is 3. The van der Waals surface area contributed by atoms with E-state index in [1.165, 1.54) is 0 Å². The van der Waals surface area contributed by atoms with E-state index in [9.17, 15) is 4.79 Å². The van der Waals surface area contributed by atoms with Gasteiger partial charge in [-0.05, 0) is 24.6 Å². The van der Waals surface area contributed by atoms with Crippen LogP contribution in [0.5, 0.6) is 0 Å². The van der Waals surface area contributed by atoms with Crippen LogP contribution in [0.25, 0.3) is 0 Å². The zero-order valence-electron chi connectivity index (χ0n) is 13.3. The number of carbonyl (C=O) groups is 1. The molecule has 1 amide bonds. The zero-order chi connectivity index (χ0) is 17.1. The highest BCUT2D eigenvalue weighted by Crippen LogP contribution is 2.29. The van der Waals surface area contributed by atoms with E-state index in [1.807, 2.05) is 17.9 Å². The quantitative estimate of drug-likeness (QED) is 0.900. The van der Waals surface area contributed by atoms with Crippen molar-refractivity contribution < 1.29 is 9.53 Å². The summed E-state index contributed by atoms with van der Waals surface area (Å²) < 4.78 is 5.78. The third-order valence-electron chi connectivity index (χ3n) is 3.94. The molecular weight excluding hydrogens is 351 g/mol. The average molecular weight is 369 g/mol. The van der Waals surface area contributed by atoms with Crippen molar-refractivity contribution in [3.05, 3.63) is 45.5 Å². The molecule has 1 unspecified atom stereocenters. The van der Waals surface area contributed by atoms with Crippen molar-refractivity contribution in [2.75, 3.05) is 19.7 Å². The van der Waals surface area contributed by atoms with Gasteiger partial charge in [0.15, 0.2) is 5.82 Å². The van der Waals surface area contributed by atoms with Crippen LogP contribution in [0.15, 0.2) is 18.2 Å². The number of aryl methyl sites for hydroxylation is 2. The summed E-state index contributed by atoms with van der Waals surface area (Å²) in [6.45, 7) is 3.42. The lowest BCUT2D eigenvalue weighted by Crippen LogP contribution is -2.42. The summed E-state index contributed by atoms with van der Waals surface area (Å²) in [6, 6.07) is 5.41. The molecule has 3 rings (SSSR count). The van der Waals surface area contributed by atoms with Gasteiger partial charge in [-0.3, -0.25) is 9.89 Å². The van der Waals surface area contributed by atoms with Crippen LogP contribution in [0.1, 0.15) is 29.7 Å². The van der Waals surface area contributed by atoms with E-state index < -0.39 is 0 Å². The third kappa shape index (κ3) is 4.06. The van der Waals surface area contributed by atoms with Gasteiger partial charge in [0.2, 0.25) is 5.91 Å². The van der Waals surface area contributed by atoms with E-state index >= 15 is 0 Å². The SMILES string of the molecule is Cc1nc(CCC(=O)N2CCOC(c3ccc(Cl)c(Cl)c3)C2)n[nH]1. The first kappa shape index (κ1) is 17.2. The Kier molecular flexibility index (Phi) is 5.38. The first-order valence-electron chi connectivity index (χ1n) is 7.75. The molecule has 6 nitrogen and oxygen atoms in total. The zero-order valence-corrected chi connectivity index (χ0v) is 14.8. The highest BCUT2D eigenvalue weighted by atomic mass is 35.5. The van der Waals surface area contributed by atoms with Crippen molar-refractivity contribution in [3.8, 4) is 0 Å². The van der Waals surface area contributed by atoms with E-state index in [0.717, 1.165) is 11.4 Å². The fourth-order valence-corrected chi connectivity index (χ4v) is 2.97. The Bertz CT molecular complexity index is 735. The number of rotatable bonds is 4. The number of benzene rings is 1. The lowest BCUT2D eigenvalue weighted by molar-refractivity contribution is -0.139. The summed E-state index contributed by atoms with van der Waals surface area (Å²) in [7, 11) is 0. The van der Waals surface area contributed by atoms with Crippen LogP contribution < -0.4 is 0 Å². The number of carbonyl (C=O) groups excluding carboxylic acids is 1. The second-order valence-electron chi connectivity index (χ2n) is 5.71. The second kappa shape index (κ2) is 7.51. The fraction of sp³-hybridized carbons (Fsp3) is 0.438. The number of nitrogens with one attached hydrogen (secondary N) is 1. The summed E-state index contributed by atoms with van der Waals surface area (Å²) in [6.07, 6.45) is 0.715. The lowest BCUT2D eigenvalue weighted by atomic mass is 10.1. The first-order chi connectivity index (χ1) is 11.5. The highest BCUT2D eigenvalue weighted by Gasteiger charge is 2.25. The second-order valence-corrected chi connectivity index (χ2v) is 6.52. The van der Waals surface area contributed by atoms with Crippen molar-refractivity contribution >= 4 is 29.1 Å². The number of hydrogen-bond donors (Lipinski definition) is 1. The number of ether oxygens (including phenoxy) is 1.